The number of aromatic nitrogens is 2. The van der Waals surface area contributed by atoms with Crippen molar-refractivity contribution in [1.29, 1.82) is 0 Å². The molecule has 14 heavy (non-hydrogen) atoms. The minimum absolute atomic E-state index is 0.463. The van der Waals surface area contributed by atoms with Crippen LogP contribution in [-0.4, -0.2) is 28.0 Å². The maximum Gasteiger partial charge on any atom is 0.131 e. The van der Waals surface area contributed by atoms with Crippen molar-refractivity contribution in [2.24, 2.45) is 0 Å². The van der Waals surface area contributed by atoms with Gasteiger partial charge in [0.25, 0.3) is 0 Å². The van der Waals surface area contributed by atoms with E-state index < -0.39 is 0 Å². The molecule has 1 fully saturated rings. The van der Waals surface area contributed by atoms with Crippen LogP contribution in [0, 0.1) is 0 Å². The maximum absolute atomic E-state index is 5.91. The number of nitrogen functional groups attached to an aromatic ring is 1. The minimum atomic E-state index is 0.463. The zero-order valence-corrected chi connectivity index (χ0v) is 8.27. The Morgan fingerprint density at radius 3 is 3.14 bits per heavy atom. The summed E-state index contributed by atoms with van der Waals surface area (Å²) in [6.07, 6.45) is 5.08. The molecule has 2 unspecified atom stereocenters. The van der Waals surface area contributed by atoms with Gasteiger partial charge in [0.1, 0.15) is 12.1 Å². The summed E-state index contributed by atoms with van der Waals surface area (Å²) in [6.45, 7) is 0. The molecular weight excluding hydrogens is 176 g/mol. The van der Waals surface area contributed by atoms with Crippen LogP contribution in [0.1, 0.15) is 30.1 Å². The van der Waals surface area contributed by atoms with Crippen molar-refractivity contribution in [2.45, 2.75) is 31.3 Å². The van der Waals surface area contributed by atoms with E-state index in [0.717, 1.165) is 6.42 Å². The van der Waals surface area contributed by atoms with E-state index in [0.29, 0.717) is 17.9 Å². The third kappa shape index (κ3) is 0.917. The molecule has 0 amide bonds. The summed E-state index contributed by atoms with van der Waals surface area (Å²) >= 11 is 0. The van der Waals surface area contributed by atoms with Crippen LogP contribution in [0.15, 0.2) is 6.33 Å². The third-order valence-corrected chi connectivity index (χ3v) is 3.60. The summed E-state index contributed by atoms with van der Waals surface area (Å²) in [4.78, 5) is 10.8. The van der Waals surface area contributed by atoms with Crippen LogP contribution in [-0.2, 0) is 6.42 Å². The van der Waals surface area contributed by atoms with Crippen molar-refractivity contribution in [3.8, 4) is 0 Å². The van der Waals surface area contributed by atoms with Gasteiger partial charge in [-0.2, -0.15) is 0 Å². The van der Waals surface area contributed by atoms with E-state index in [1.54, 1.807) is 6.33 Å². The molecule has 0 aliphatic carbocycles. The van der Waals surface area contributed by atoms with Gasteiger partial charge in [-0.05, 0) is 19.9 Å². The molecule has 2 bridgehead atoms. The number of likely N-dealkylation sites (N-methyl/N-ethyl adjacent to an activating group) is 1. The molecular formula is C10H14N4. The van der Waals surface area contributed by atoms with Gasteiger partial charge in [-0.1, -0.05) is 0 Å². The second-order valence-electron chi connectivity index (χ2n) is 4.24. The Bertz CT molecular complexity index is 376. The van der Waals surface area contributed by atoms with E-state index in [1.807, 2.05) is 0 Å². The van der Waals surface area contributed by atoms with Crippen LogP contribution in [0.4, 0.5) is 5.82 Å². The van der Waals surface area contributed by atoms with Crippen molar-refractivity contribution >= 4 is 5.82 Å². The molecule has 0 spiro atoms. The highest BCUT2D eigenvalue weighted by molar-refractivity contribution is 5.46. The monoisotopic (exact) mass is 190 g/mol. The molecule has 2 atom stereocenters. The van der Waals surface area contributed by atoms with Gasteiger partial charge in [-0.3, -0.25) is 4.90 Å². The fraction of sp³-hybridized carbons (Fsp3) is 0.600. The Morgan fingerprint density at radius 1 is 1.43 bits per heavy atom. The molecule has 3 rings (SSSR count). The Morgan fingerprint density at radius 2 is 2.29 bits per heavy atom. The van der Waals surface area contributed by atoms with Gasteiger partial charge in [0.2, 0.25) is 0 Å². The topological polar surface area (TPSA) is 55.0 Å². The molecule has 3 heterocycles. The average molecular weight is 190 g/mol. The summed E-state index contributed by atoms with van der Waals surface area (Å²) < 4.78 is 0. The molecule has 0 aromatic carbocycles. The van der Waals surface area contributed by atoms with E-state index in [-0.39, 0.29) is 0 Å². The smallest absolute Gasteiger partial charge is 0.131 e. The summed E-state index contributed by atoms with van der Waals surface area (Å²) in [6, 6.07) is 1.13. The Kier molecular flexibility index (Phi) is 1.56. The molecule has 2 aliphatic rings. The van der Waals surface area contributed by atoms with Gasteiger partial charge in [-0.15, -0.1) is 0 Å². The SMILES string of the molecule is CN1C2CCC1c1c(N)ncnc1C2. The number of hydrogen-bond donors (Lipinski definition) is 1. The first-order valence-corrected chi connectivity index (χ1v) is 5.08. The standard InChI is InChI=1S/C10H14N4/c1-14-6-2-3-8(14)9-7(4-6)12-5-13-10(9)11/h5-6,8H,2-4H2,1H3,(H2,11,12,13). The second-order valence-corrected chi connectivity index (χ2v) is 4.24. The summed E-state index contributed by atoms with van der Waals surface area (Å²) in [7, 11) is 2.18. The van der Waals surface area contributed by atoms with Gasteiger partial charge in [0.05, 0.1) is 5.69 Å². The summed E-state index contributed by atoms with van der Waals surface area (Å²) in [5.74, 6) is 0.673. The van der Waals surface area contributed by atoms with Crippen LogP contribution in [0.3, 0.4) is 0 Å². The quantitative estimate of drug-likeness (QED) is 0.656. The minimum Gasteiger partial charge on any atom is -0.383 e. The highest BCUT2D eigenvalue weighted by atomic mass is 15.2. The number of nitrogens with two attached hydrogens (primary N) is 1. The second kappa shape index (κ2) is 2.67. The fourth-order valence-electron chi connectivity index (χ4n) is 2.80. The molecule has 2 aliphatic heterocycles. The van der Waals surface area contributed by atoms with Crippen LogP contribution in [0.25, 0.3) is 0 Å². The van der Waals surface area contributed by atoms with E-state index in [1.165, 1.54) is 24.1 Å². The van der Waals surface area contributed by atoms with Gasteiger partial charge in [0.15, 0.2) is 0 Å². The average Bonchev–Trinajstić information content (AvgIpc) is 2.44. The van der Waals surface area contributed by atoms with Crippen LogP contribution in [0.2, 0.25) is 0 Å². The van der Waals surface area contributed by atoms with Gasteiger partial charge < -0.3 is 5.73 Å². The fourth-order valence-corrected chi connectivity index (χ4v) is 2.80. The zero-order chi connectivity index (χ0) is 9.71. The lowest BCUT2D eigenvalue weighted by atomic mass is 9.99. The van der Waals surface area contributed by atoms with E-state index in [9.17, 15) is 0 Å². The number of rotatable bonds is 0. The first-order valence-electron chi connectivity index (χ1n) is 5.08. The first kappa shape index (κ1) is 8.17. The highest BCUT2D eigenvalue weighted by Crippen LogP contribution is 2.43. The van der Waals surface area contributed by atoms with Crippen LogP contribution in [0.5, 0.6) is 0 Å². The largest absolute Gasteiger partial charge is 0.383 e. The normalized spacial score (nSPS) is 30.4. The first-order chi connectivity index (χ1) is 6.77. The predicted molar refractivity (Wildman–Crippen MR) is 53.7 cm³/mol. The van der Waals surface area contributed by atoms with Crippen molar-refractivity contribution in [3.63, 3.8) is 0 Å². The van der Waals surface area contributed by atoms with Gasteiger partial charge in [-0.25, -0.2) is 9.97 Å². The molecule has 0 radical (unpaired) electrons. The van der Waals surface area contributed by atoms with E-state index >= 15 is 0 Å². The lowest BCUT2D eigenvalue weighted by Gasteiger charge is -2.32. The highest BCUT2D eigenvalue weighted by Gasteiger charge is 2.39. The lowest BCUT2D eigenvalue weighted by molar-refractivity contribution is 0.222. The van der Waals surface area contributed by atoms with Crippen molar-refractivity contribution in [3.05, 3.63) is 17.6 Å². The number of fused-ring (bicyclic) bond motifs is 4. The molecule has 4 heteroatoms. The van der Waals surface area contributed by atoms with E-state index in [2.05, 4.69) is 21.9 Å². The van der Waals surface area contributed by atoms with Crippen LogP contribution >= 0.6 is 0 Å². The van der Waals surface area contributed by atoms with Crippen molar-refractivity contribution < 1.29 is 0 Å². The van der Waals surface area contributed by atoms with Crippen LogP contribution < -0.4 is 5.73 Å². The molecule has 1 aromatic heterocycles. The summed E-state index contributed by atoms with van der Waals surface area (Å²) in [5, 5.41) is 0. The molecule has 1 aromatic rings. The number of nitrogens with zero attached hydrogens (tertiary/aromatic N) is 3. The third-order valence-electron chi connectivity index (χ3n) is 3.60. The molecule has 2 N–H and O–H groups in total. The Hall–Kier alpha value is -1.16. The summed E-state index contributed by atoms with van der Waals surface area (Å²) in [5.41, 5.74) is 8.26. The Labute approximate surface area is 83.1 Å². The van der Waals surface area contributed by atoms with Crippen molar-refractivity contribution in [2.75, 3.05) is 12.8 Å². The molecule has 74 valence electrons. The number of hydrogen-bond acceptors (Lipinski definition) is 4. The van der Waals surface area contributed by atoms with Crippen molar-refractivity contribution in [1.82, 2.24) is 14.9 Å². The molecule has 0 saturated carbocycles. The van der Waals surface area contributed by atoms with Gasteiger partial charge >= 0.3 is 0 Å². The van der Waals surface area contributed by atoms with E-state index in [4.69, 9.17) is 5.73 Å². The zero-order valence-electron chi connectivity index (χ0n) is 8.27. The van der Waals surface area contributed by atoms with Gasteiger partial charge in [0, 0.05) is 24.1 Å². The molecule has 4 nitrogen and oxygen atoms in total. The Balaban J connectivity index is 2.17. The maximum atomic E-state index is 5.91. The molecule has 1 saturated heterocycles. The predicted octanol–water partition coefficient (Wildman–Crippen LogP) is 0.750. The lowest BCUT2D eigenvalue weighted by Crippen LogP contribution is -2.35. The number of anilines is 1.